The van der Waals surface area contributed by atoms with Crippen molar-refractivity contribution in [3.05, 3.63) is 40.4 Å². The molecule has 1 aromatic heterocycles. The Morgan fingerprint density at radius 3 is 3.00 bits per heavy atom. The number of amides is 1. The number of aromatic nitrogens is 2. The van der Waals surface area contributed by atoms with Gasteiger partial charge in [0.1, 0.15) is 5.82 Å². The maximum Gasteiger partial charge on any atom is 0.258 e. The molecule has 1 amide bonds. The zero-order valence-corrected chi connectivity index (χ0v) is 16.0. The summed E-state index contributed by atoms with van der Waals surface area (Å²) in [6, 6.07) is 7.47. The van der Waals surface area contributed by atoms with Crippen molar-refractivity contribution in [3.63, 3.8) is 0 Å². The Bertz CT molecular complexity index is 829. The number of rotatable bonds is 8. The first-order chi connectivity index (χ1) is 13.1. The minimum Gasteiger partial charge on any atom is -0.376 e. The highest BCUT2D eigenvalue weighted by Gasteiger charge is 2.20. The summed E-state index contributed by atoms with van der Waals surface area (Å²) < 4.78 is 5.55. The molecule has 1 fully saturated rings. The summed E-state index contributed by atoms with van der Waals surface area (Å²) in [5.74, 6) is 0.542. The van der Waals surface area contributed by atoms with Gasteiger partial charge in [-0.3, -0.25) is 14.5 Å². The number of hydrogen-bond donors (Lipinski definition) is 2. The van der Waals surface area contributed by atoms with Crippen LogP contribution in [0.1, 0.15) is 38.9 Å². The molecule has 2 atom stereocenters. The van der Waals surface area contributed by atoms with Crippen molar-refractivity contribution < 1.29 is 9.53 Å². The predicted octanol–water partition coefficient (Wildman–Crippen LogP) is 1.82. The lowest BCUT2D eigenvalue weighted by atomic mass is 10.2. The molecule has 0 bridgehead atoms. The Hall–Kier alpha value is -2.25. The molecule has 1 saturated heterocycles. The molecule has 3 rings (SSSR count). The van der Waals surface area contributed by atoms with Crippen LogP contribution >= 0.6 is 0 Å². The Morgan fingerprint density at radius 1 is 1.44 bits per heavy atom. The highest BCUT2D eigenvalue weighted by molar-refractivity contribution is 5.78. The van der Waals surface area contributed by atoms with E-state index in [1.165, 1.54) is 0 Å². The number of fused-ring (bicyclic) bond motifs is 1. The summed E-state index contributed by atoms with van der Waals surface area (Å²) in [7, 11) is 0. The summed E-state index contributed by atoms with van der Waals surface area (Å²) in [6.45, 7) is 6.17. The number of aromatic amines is 1. The van der Waals surface area contributed by atoms with E-state index >= 15 is 0 Å². The molecule has 0 spiro atoms. The average Bonchev–Trinajstić information content (AvgIpc) is 3.19. The molecule has 0 aliphatic carbocycles. The normalized spacial score (nSPS) is 18.1. The molecule has 2 heterocycles. The van der Waals surface area contributed by atoms with Gasteiger partial charge < -0.3 is 15.0 Å². The van der Waals surface area contributed by atoms with E-state index in [9.17, 15) is 9.59 Å². The molecule has 7 nitrogen and oxygen atoms in total. The molecule has 0 radical (unpaired) electrons. The molecule has 2 aromatic rings. The number of ether oxygens (including phenoxy) is 1. The number of H-pyrrole nitrogens is 1. The number of carbonyl (C=O) groups excluding carboxylic acids is 1. The zero-order valence-electron chi connectivity index (χ0n) is 16.0. The lowest BCUT2D eigenvalue weighted by Gasteiger charge is -2.27. The standard InChI is InChI=1S/C20H28N4O3/c1-3-14(2)24(13-19(25)21-11-15-7-6-10-27-15)12-18-22-17-9-5-4-8-16(17)20(26)23-18/h4-5,8-9,14-15H,3,6-7,10-13H2,1-2H3,(H,21,25)(H,22,23,26). The fourth-order valence-electron chi connectivity index (χ4n) is 3.30. The van der Waals surface area contributed by atoms with Crippen LogP contribution in [-0.2, 0) is 16.1 Å². The van der Waals surface area contributed by atoms with Gasteiger partial charge in [0.05, 0.1) is 30.1 Å². The van der Waals surface area contributed by atoms with Crippen molar-refractivity contribution >= 4 is 16.8 Å². The smallest absolute Gasteiger partial charge is 0.258 e. The van der Waals surface area contributed by atoms with E-state index in [4.69, 9.17) is 4.74 Å². The Labute approximate surface area is 159 Å². The van der Waals surface area contributed by atoms with Gasteiger partial charge in [0.15, 0.2) is 0 Å². The molecule has 27 heavy (non-hydrogen) atoms. The Kier molecular flexibility index (Phi) is 6.58. The maximum absolute atomic E-state index is 12.4. The monoisotopic (exact) mass is 372 g/mol. The van der Waals surface area contributed by atoms with Gasteiger partial charge >= 0.3 is 0 Å². The predicted molar refractivity (Wildman–Crippen MR) is 105 cm³/mol. The third kappa shape index (κ3) is 5.14. The number of nitrogens with zero attached hydrogens (tertiary/aromatic N) is 2. The number of para-hydroxylation sites is 1. The van der Waals surface area contributed by atoms with E-state index in [2.05, 4.69) is 29.1 Å². The highest BCUT2D eigenvalue weighted by Crippen LogP contribution is 2.12. The average molecular weight is 372 g/mol. The SMILES string of the molecule is CCC(C)N(CC(=O)NCC1CCCO1)Cc1nc2ccccc2c(=O)[nH]1. The van der Waals surface area contributed by atoms with Crippen LogP contribution in [0.5, 0.6) is 0 Å². The number of nitrogens with one attached hydrogen (secondary N) is 2. The third-order valence-corrected chi connectivity index (χ3v) is 5.13. The van der Waals surface area contributed by atoms with Crippen molar-refractivity contribution in [1.29, 1.82) is 0 Å². The first-order valence-corrected chi connectivity index (χ1v) is 9.67. The molecular formula is C20H28N4O3. The second-order valence-corrected chi connectivity index (χ2v) is 7.13. The van der Waals surface area contributed by atoms with E-state index in [0.717, 1.165) is 25.9 Å². The summed E-state index contributed by atoms with van der Waals surface area (Å²) in [4.78, 5) is 34.1. The highest BCUT2D eigenvalue weighted by atomic mass is 16.5. The minimum atomic E-state index is -0.150. The van der Waals surface area contributed by atoms with Crippen molar-refractivity contribution in [2.45, 2.75) is 51.8 Å². The van der Waals surface area contributed by atoms with Crippen molar-refractivity contribution in [3.8, 4) is 0 Å². The van der Waals surface area contributed by atoms with Gasteiger partial charge in [-0.2, -0.15) is 0 Å². The van der Waals surface area contributed by atoms with Crippen LogP contribution < -0.4 is 10.9 Å². The van der Waals surface area contributed by atoms with Crippen LogP contribution in [0.3, 0.4) is 0 Å². The third-order valence-electron chi connectivity index (χ3n) is 5.13. The van der Waals surface area contributed by atoms with E-state index < -0.39 is 0 Å². The van der Waals surface area contributed by atoms with Gasteiger partial charge in [-0.05, 0) is 38.3 Å². The van der Waals surface area contributed by atoms with E-state index in [0.29, 0.717) is 29.8 Å². The second-order valence-electron chi connectivity index (χ2n) is 7.13. The van der Waals surface area contributed by atoms with Gasteiger partial charge in [-0.25, -0.2) is 4.98 Å². The van der Waals surface area contributed by atoms with Crippen LogP contribution in [0.2, 0.25) is 0 Å². The Balaban J connectivity index is 1.67. The van der Waals surface area contributed by atoms with Crippen LogP contribution in [0, 0.1) is 0 Å². The van der Waals surface area contributed by atoms with Crippen LogP contribution in [-0.4, -0.2) is 52.6 Å². The van der Waals surface area contributed by atoms with E-state index in [-0.39, 0.29) is 30.2 Å². The molecule has 2 N–H and O–H groups in total. The van der Waals surface area contributed by atoms with Crippen molar-refractivity contribution in [2.24, 2.45) is 0 Å². The molecule has 2 unspecified atom stereocenters. The molecule has 1 aliphatic rings. The molecule has 1 aliphatic heterocycles. The van der Waals surface area contributed by atoms with E-state index in [1.807, 2.05) is 23.1 Å². The van der Waals surface area contributed by atoms with E-state index in [1.54, 1.807) is 6.07 Å². The first kappa shape index (κ1) is 19.5. The fourth-order valence-corrected chi connectivity index (χ4v) is 3.30. The summed E-state index contributed by atoms with van der Waals surface area (Å²) in [5, 5.41) is 3.54. The molecule has 7 heteroatoms. The Morgan fingerprint density at radius 2 is 2.26 bits per heavy atom. The first-order valence-electron chi connectivity index (χ1n) is 9.67. The summed E-state index contributed by atoms with van der Waals surface area (Å²) >= 11 is 0. The summed E-state index contributed by atoms with van der Waals surface area (Å²) in [6.07, 6.45) is 3.08. The van der Waals surface area contributed by atoms with Crippen LogP contribution in [0.4, 0.5) is 0 Å². The van der Waals surface area contributed by atoms with Crippen LogP contribution in [0.15, 0.2) is 29.1 Å². The minimum absolute atomic E-state index is 0.0334. The lowest BCUT2D eigenvalue weighted by Crippen LogP contribution is -2.43. The molecule has 1 aromatic carbocycles. The quantitative estimate of drug-likeness (QED) is 0.738. The molecular weight excluding hydrogens is 344 g/mol. The van der Waals surface area contributed by atoms with Gasteiger partial charge in [0.25, 0.3) is 5.56 Å². The lowest BCUT2D eigenvalue weighted by molar-refractivity contribution is -0.123. The topological polar surface area (TPSA) is 87.3 Å². The van der Waals surface area contributed by atoms with Gasteiger partial charge in [0.2, 0.25) is 5.91 Å². The van der Waals surface area contributed by atoms with Crippen LogP contribution in [0.25, 0.3) is 10.9 Å². The van der Waals surface area contributed by atoms with Crippen molar-refractivity contribution in [2.75, 3.05) is 19.7 Å². The number of hydrogen-bond acceptors (Lipinski definition) is 5. The molecule has 0 saturated carbocycles. The van der Waals surface area contributed by atoms with Gasteiger partial charge in [-0.1, -0.05) is 19.1 Å². The summed E-state index contributed by atoms with van der Waals surface area (Å²) in [5.41, 5.74) is 0.519. The fraction of sp³-hybridized carbons (Fsp3) is 0.550. The second kappa shape index (κ2) is 9.10. The van der Waals surface area contributed by atoms with Gasteiger partial charge in [-0.15, -0.1) is 0 Å². The zero-order chi connectivity index (χ0) is 19.2. The maximum atomic E-state index is 12.4. The van der Waals surface area contributed by atoms with Crippen molar-refractivity contribution in [1.82, 2.24) is 20.2 Å². The largest absolute Gasteiger partial charge is 0.376 e. The molecule has 146 valence electrons. The number of benzene rings is 1. The number of carbonyl (C=O) groups is 1. The van der Waals surface area contributed by atoms with Gasteiger partial charge in [0, 0.05) is 19.2 Å².